The Bertz CT molecular complexity index is 1110. The van der Waals surface area contributed by atoms with Crippen molar-refractivity contribution in [2.75, 3.05) is 4.90 Å². The lowest BCUT2D eigenvalue weighted by atomic mass is 9.81. The number of rotatable bonds is 3. The summed E-state index contributed by atoms with van der Waals surface area (Å²) in [5.41, 5.74) is 1.61. The van der Waals surface area contributed by atoms with Gasteiger partial charge < -0.3 is 0 Å². The number of carbonyl (C=O) groups excluding carboxylic acids is 2. The SMILES string of the molecule is Cc1ccc(S(=O)(=O)N2[C@@H]3C4CC([C@H]5C(=O)N(c6ccccc6)C(=O)[C@@H]45)[C@@H]32)cc1. The quantitative estimate of drug-likeness (QED) is 0.576. The van der Waals surface area contributed by atoms with Crippen LogP contribution in [-0.2, 0) is 19.6 Å². The molecule has 2 saturated carbocycles. The van der Waals surface area contributed by atoms with E-state index in [1.54, 1.807) is 40.7 Å². The molecule has 2 amide bonds. The number of piperidine rings is 1. The van der Waals surface area contributed by atoms with E-state index in [-0.39, 0.29) is 40.6 Å². The van der Waals surface area contributed by atoms with Gasteiger partial charge in [0, 0.05) is 12.1 Å². The van der Waals surface area contributed by atoms with Crippen molar-refractivity contribution in [2.45, 2.75) is 30.3 Å². The maximum absolute atomic E-state index is 13.2. The Morgan fingerprint density at radius 2 is 1.38 bits per heavy atom. The van der Waals surface area contributed by atoms with Crippen LogP contribution >= 0.6 is 0 Å². The van der Waals surface area contributed by atoms with Crippen LogP contribution < -0.4 is 4.90 Å². The fourth-order valence-corrected chi connectivity index (χ4v) is 7.91. The van der Waals surface area contributed by atoms with Crippen molar-refractivity contribution in [3.05, 3.63) is 60.2 Å². The lowest BCUT2D eigenvalue weighted by Crippen LogP contribution is -2.34. The van der Waals surface area contributed by atoms with Crippen molar-refractivity contribution in [2.24, 2.45) is 23.7 Å². The average Bonchev–Trinajstić information content (AvgIpc) is 3.10. The number of hydrogen-bond acceptors (Lipinski definition) is 4. The van der Waals surface area contributed by atoms with Crippen LogP contribution in [0.15, 0.2) is 59.5 Å². The molecule has 2 aromatic rings. The second-order valence-electron chi connectivity index (χ2n) is 8.59. The number of hydrogen-bond donors (Lipinski definition) is 0. The third kappa shape index (κ3) is 2.12. The Kier molecular flexibility index (Phi) is 3.32. The maximum atomic E-state index is 13.2. The van der Waals surface area contributed by atoms with Crippen molar-refractivity contribution in [1.82, 2.24) is 4.31 Å². The molecule has 6 rings (SSSR count). The van der Waals surface area contributed by atoms with Gasteiger partial charge in [0.05, 0.1) is 22.4 Å². The van der Waals surface area contributed by atoms with Crippen molar-refractivity contribution < 1.29 is 18.0 Å². The van der Waals surface area contributed by atoms with Crippen molar-refractivity contribution >= 4 is 27.5 Å². The fourth-order valence-electron chi connectivity index (χ4n) is 6.04. The Hall–Kier alpha value is -2.51. The molecule has 7 atom stereocenters. The number of amides is 2. The van der Waals surface area contributed by atoms with Crippen molar-refractivity contribution in [3.63, 3.8) is 0 Å². The number of fused-ring (bicyclic) bond motifs is 8. The standard InChI is InChI=1S/C22H20N2O4S/c1-12-7-9-14(10-8-12)29(27,28)24-19-15-11-16(20(19)24)18-17(15)21(25)23(22(18)26)13-5-3-2-4-6-13/h2-10,15-20H,11H2,1H3/t15?,16?,17-,18+,19+,20-,24?. The summed E-state index contributed by atoms with van der Waals surface area (Å²) in [6.45, 7) is 1.92. The van der Waals surface area contributed by atoms with Crippen LogP contribution in [0.1, 0.15) is 12.0 Å². The van der Waals surface area contributed by atoms with Gasteiger partial charge >= 0.3 is 0 Å². The molecule has 2 aliphatic carbocycles. The first-order valence-corrected chi connectivity index (χ1v) is 11.4. The molecule has 6 nitrogen and oxygen atoms in total. The zero-order valence-corrected chi connectivity index (χ0v) is 16.6. The third-order valence-corrected chi connectivity index (χ3v) is 9.11. The second kappa shape index (κ2) is 5.55. The number of nitrogens with zero attached hydrogens (tertiary/aromatic N) is 2. The van der Waals surface area contributed by atoms with Gasteiger partial charge in [-0.1, -0.05) is 35.9 Å². The summed E-state index contributed by atoms with van der Waals surface area (Å²) in [5.74, 6) is -1.27. The number of benzene rings is 2. The first-order chi connectivity index (χ1) is 13.9. The molecule has 0 aromatic heterocycles. The molecule has 7 heteroatoms. The summed E-state index contributed by atoms with van der Waals surface area (Å²) >= 11 is 0. The van der Waals surface area contributed by atoms with E-state index >= 15 is 0 Å². The molecular formula is C22H20N2O4S. The van der Waals surface area contributed by atoms with Gasteiger partial charge in [-0.15, -0.1) is 0 Å². The maximum Gasteiger partial charge on any atom is 0.243 e. The molecule has 0 N–H and O–H groups in total. The zero-order chi connectivity index (χ0) is 20.1. The molecule has 2 bridgehead atoms. The van der Waals surface area contributed by atoms with E-state index in [9.17, 15) is 18.0 Å². The van der Waals surface area contributed by atoms with Gasteiger partial charge in [0.2, 0.25) is 21.8 Å². The number of anilines is 1. The molecule has 2 aromatic carbocycles. The van der Waals surface area contributed by atoms with Crippen LogP contribution in [0.4, 0.5) is 5.69 Å². The second-order valence-corrected chi connectivity index (χ2v) is 10.4. The van der Waals surface area contributed by atoms with E-state index in [2.05, 4.69) is 0 Å². The Balaban J connectivity index is 1.32. The monoisotopic (exact) mass is 408 g/mol. The van der Waals surface area contributed by atoms with Crippen LogP contribution in [0.25, 0.3) is 0 Å². The van der Waals surface area contributed by atoms with E-state index in [1.807, 2.05) is 25.1 Å². The Labute approximate surface area is 169 Å². The highest BCUT2D eigenvalue weighted by Crippen LogP contribution is 2.66. The summed E-state index contributed by atoms with van der Waals surface area (Å²) < 4.78 is 27.9. The highest BCUT2D eigenvalue weighted by Gasteiger charge is 2.78. The first kappa shape index (κ1) is 17.4. The highest BCUT2D eigenvalue weighted by atomic mass is 32.2. The largest absolute Gasteiger partial charge is 0.274 e. The van der Waals surface area contributed by atoms with Gasteiger partial charge in [-0.3, -0.25) is 14.5 Å². The minimum Gasteiger partial charge on any atom is -0.274 e. The van der Waals surface area contributed by atoms with Crippen molar-refractivity contribution in [1.29, 1.82) is 0 Å². The van der Waals surface area contributed by atoms with E-state index < -0.39 is 21.9 Å². The Morgan fingerprint density at radius 1 is 0.828 bits per heavy atom. The molecular weight excluding hydrogens is 388 g/mol. The van der Waals surface area contributed by atoms with E-state index in [1.165, 1.54) is 4.90 Å². The first-order valence-electron chi connectivity index (χ1n) is 9.94. The average molecular weight is 408 g/mol. The molecule has 2 aliphatic heterocycles. The topological polar surface area (TPSA) is 74.5 Å². The molecule has 29 heavy (non-hydrogen) atoms. The molecule has 0 spiro atoms. The molecule has 4 fully saturated rings. The summed E-state index contributed by atoms with van der Waals surface area (Å²) in [4.78, 5) is 27.9. The van der Waals surface area contributed by atoms with Gasteiger partial charge in [-0.2, -0.15) is 4.31 Å². The summed E-state index contributed by atoms with van der Waals surface area (Å²) in [6.07, 6.45) is 0.769. The highest BCUT2D eigenvalue weighted by molar-refractivity contribution is 7.89. The van der Waals surface area contributed by atoms with Crippen molar-refractivity contribution in [3.8, 4) is 0 Å². The van der Waals surface area contributed by atoms with Gasteiger partial charge in [0.1, 0.15) is 0 Å². The zero-order valence-electron chi connectivity index (χ0n) is 15.8. The minimum atomic E-state index is -3.60. The lowest BCUT2D eigenvalue weighted by Gasteiger charge is -2.20. The number of para-hydroxylation sites is 1. The van der Waals surface area contributed by atoms with Crippen LogP contribution in [0.3, 0.4) is 0 Å². The predicted octanol–water partition coefficient (Wildman–Crippen LogP) is 2.19. The number of sulfonamides is 1. The molecule has 148 valence electrons. The van der Waals surface area contributed by atoms with Gasteiger partial charge in [0.25, 0.3) is 0 Å². The molecule has 2 saturated heterocycles. The van der Waals surface area contributed by atoms with E-state index in [0.29, 0.717) is 5.69 Å². The summed E-state index contributed by atoms with van der Waals surface area (Å²) in [6, 6.07) is 15.6. The fraction of sp³-hybridized carbons (Fsp3) is 0.364. The van der Waals surface area contributed by atoms with E-state index in [0.717, 1.165) is 12.0 Å². The molecule has 4 aliphatic rings. The van der Waals surface area contributed by atoms with Crippen LogP contribution in [-0.4, -0.2) is 36.6 Å². The summed E-state index contributed by atoms with van der Waals surface area (Å²) in [5, 5.41) is 0. The number of aryl methyl sites for hydroxylation is 1. The predicted molar refractivity (Wildman–Crippen MR) is 105 cm³/mol. The lowest BCUT2D eigenvalue weighted by molar-refractivity contribution is -0.123. The van der Waals surface area contributed by atoms with Crippen LogP contribution in [0.2, 0.25) is 0 Å². The Morgan fingerprint density at radius 3 is 1.93 bits per heavy atom. The van der Waals surface area contributed by atoms with Gasteiger partial charge in [-0.25, -0.2) is 8.42 Å². The normalized spacial score (nSPS) is 37.0. The smallest absolute Gasteiger partial charge is 0.243 e. The van der Waals surface area contributed by atoms with Gasteiger partial charge in [-0.05, 0) is 49.4 Å². The molecule has 2 heterocycles. The van der Waals surface area contributed by atoms with E-state index in [4.69, 9.17) is 0 Å². The number of imide groups is 1. The minimum absolute atomic E-state index is 0.0691. The van der Waals surface area contributed by atoms with Gasteiger partial charge in [0.15, 0.2) is 0 Å². The third-order valence-electron chi connectivity index (χ3n) is 7.20. The molecule has 0 radical (unpaired) electrons. The van der Waals surface area contributed by atoms with Crippen LogP contribution in [0, 0.1) is 30.6 Å². The number of carbonyl (C=O) groups is 2. The summed E-state index contributed by atoms with van der Waals surface area (Å²) in [7, 11) is -3.60. The molecule has 3 unspecified atom stereocenters. The van der Waals surface area contributed by atoms with Crippen LogP contribution in [0.5, 0.6) is 0 Å².